The molecular weight excluding hydrogens is 464 g/mol. The molecule has 0 saturated heterocycles. The molecule has 7 heteroatoms. The molecule has 4 aromatic rings. The molecular formula is C30H30N4O3. The van der Waals surface area contributed by atoms with Gasteiger partial charge in [0.25, 0.3) is 5.89 Å². The van der Waals surface area contributed by atoms with Gasteiger partial charge in [0.2, 0.25) is 5.82 Å². The number of para-hydroxylation sites is 1. The summed E-state index contributed by atoms with van der Waals surface area (Å²) < 4.78 is 11.3. The van der Waals surface area contributed by atoms with Gasteiger partial charge >= 0.3 is 6.03 Å². The van der Waals surface area contributed by atoms with Gasteiger partial charge in [0, 0.05) is 16.8 Å². The van der Waals surface area contributed by atoms with E-state index >= 15 is 0 Å². The van der Waals surface area contributed by atoms with E-state index in [0.717, 1.165) is 45.7 Å². The first-order chi connectivity index (χ1) is 18.0. The van der Waals surface area contributed by atoms with Gasteiger partial charge < -0.3 is 14.6 Å². The molecule has 0 bridgehead atoms. The van der Waals surface area contributed by atoms with E-state index in [4.69, 9.17) is 14.2 Å². The van der Waals surface area contributed by atoms with E-state index in [1.165, 1.54) is 5.56 Å². The molecule has 1 aromatic heterocycles. The maximum Gasteiger partial charge on any atom is 0.322 e. The average molecular weight is 495 g/mol. The number of carbonyl (C=O) groups excluding carboxylic acids is 1. The number of aryl methyl sites for hydroxylation is 2. The lowest BCUT2D eigenvalue weighted by atomic mass is 9.94. The number of rotatable bonds is 7. The van der Waals surface area contributed by atoms with Crippen LogP contribution in [0.25, 0.3) is 17.0 Å². The van der Waals surface area contributed by atoms with E-state index < -0.39 is 6.04 Å². The summed E-state index contributed by atoms with van der Waals surface area (Å²) in [6, 6.07) is 23.3. The molecule has 3 aromatic carbocycles. The maximum atomic E-state index is 13.4. The van der Waals surface area contributed by atoms with Gasteiger partial charge in [-0.15, -0.1) is 0 Å². The summed E-state index contributed by atoms with van der Waals surface area (Å²) in [6.07, 6.45) is 0.962. The molecule has 1 unspecified atom stereocenters. The van der Waals surface area contributed by atoms with Crippen molar-refractivity contribution in [2.24, 2.45) is 0 Å². The van der Waals surface area contributed by atoms with Crippen LogP contribution in [-0.4, -0.2) is 28.2 Å². The van der Waals surface area contributed by atoms with E-state index in [1.54, 1.807) is 12.0 Å². The van der Waals surface area contributed by atoms with Gasteiger partial charge in [-0.2, -0.15) is 4.98 Å². The molecule has 7 nitrogen and oxygen atoms in total. The van der Waals surface area contributed by atoms with Crippen molar-refractivity contribution in [3.05, 3.63) is 107 Å². The Balaban J connectivity index is 1.58. The summed E-state index contributed by atoms with van der Waals surface area (Å²) >= 11 is 0. The average Bonchev–Trinajstić information content (AvgIpc) is 3.41. The first kappa shape index (κ1) is 24.3. The topological polar surface area (TPSA) is 80.5 Å². The van der Waals surface area contributed by atoms with Crippen molar-refractivity contribution < 1.29 is 14.1 Å². The lowest BCUT2D eigenvalue weighted by molar-refractivity contribution is 0.202. The van der Waals surface area contributed by atoms with Crippen LogP contribution in [0.1, 0.15) is 48.0 Å². The quantitative estimate of drug-likeness (QED) is 0.325. The molecule has 1 N–H and O–H groups in total. The molecule has 0 saturated carbocycles. The Morgan fingerprint density at radius 1 is 1.00 bits per heavy atom. The number of hydrogen-bond donors (Lipinski definition) is 1. The summed E-state index contributed by atoms with van der Waals surface area (Å²) in [5, 5.41) is 7.44. The number of aromatic nitrogens is 2. The van der Waals surface area contributed by atoms with Crippen LogP contribution >= 0.6 is 0 Å². The Bertz CT molecular complexity index is 1440. The lowest BCUT2D eigenvalue weighted by Gasteiger charge is -2.35. The highest BCUT2D eigenvalue weighted by molar-refractivity contribution is 5.87. The third-order valence-electron chi connectivity index (χ3n) is 6.80. The molecule has 0 fully saturated rings. The zero-order valence-electron chi connectivity index (χ0n) is 21.5. The van der Waals surface area contributed by atoms with Gasteiger partial charge in [-0.25, -0.2) is 4.79 Å². The summed E-state index contributed by atoms with van der Waals surface area (Å²) in [5.41, 5.74) is 6.61. The molecule has 37 heavy (non-hydrogen) atoms. The Kier molecular flexibility index (Phi) is 6.77. The number of urea groups is 1. The Labute approximate surface area is 216 Å². The van der Waals surface area contributed by atoms with Crippen LogP contribution in [0.2, 0.25) is 0 Å². The van der Waals surface area contributed by atoms with Crippen molar-refractivity contribution in [2.75, 3.05) is 7.11 Å². The van der Waals surface area contributed by atoms with Crippen LogP contribution in [-0.2, 0) is 13.0 Å². The lowest BCUT2D eigenvalue weighted by Crippen LogP contribution is -2.45. The van der Waals surface area contributed by atoms with Gasteiger partial charge in [-0.1, -0.05) is 84.4 Å². The van der Waals surface area contributed by atoms with Gasteiger partial charge in [0.05, 0.1) is 25.3 Å². The predicted molar refractivity (Wildman–Crippen MR) is 143 cm³/mol. The second-order valence-corrected chi connectivity index (χ2v) is 9.16. The second kappa shape index (κ2) is 10.3. The van der Waals surface area contributed by atoms with Crippen molar-refractivity contribution in [3.8, 4) is 17.1 Å². The molecule has 1 atom stereocenters. The van der Waals surface area contributed by atoms with Gasteiger partial charge in [-0.05, 0) is 37.5 Å². The van der Waals surface area contributed by atoms with Crippen molar-refractivity contribution in [1.82, 2.24) is 20.4 Å². The number of nitrogens with zero attached hydrogens (tertiary/aromatic N) is 3. The van der Waals surface area contributed by atoms with Crippen LogP contribution in [0.15, 0.2) is 83.0 Å². The zero-order chi connectivity index (χ0) is 25.9. The molecule has 5 rings (SSSR count). The van der Waals surface area contributed by atoms with E-state index in [1.807, 2.05) is 74.5 Å². The summed E-state index contributed by atoms with van der Waals surface area (Å²) in [4.78, 5) is 19.9. The number of allylic oxidation sites excluding steroid dienone is 1. The minimum atomic E-state index is -0.433. The van der Waals surface area contributed by atoms with Crippen LogP contribution in [0.4, 0.5) is 4.79 Å². The number of benzene rings is 3. The molecule has 0 radical (unpaired) electrons. The monoisotopic (exact) mass is 494 g/mol. The summed E-state index contributed by atoms with van der Waals surface area (Å²) in [5.74, 6) is 1.61. The van der Waals surface area contributed by atoms with Crippen LogP contribution in [0.5, 0.6) is 5.75 Å². The van der Waals surface area contributed by atoms with E-state index in [-0.39, 0.29) is 6.03 Å². The van der Waals surface area contributed by atoms with Crippen molar-refractivity contribution in [3.63, 3.8) is 0 Å². The van der Waals surface area contributed by atoms with E-state index in [2.05, 4.69) is 29.5 Å². The van der Waals surface area contributed by atoms with Crippen LogP contribution in [0, 0.1) is 6.92 Å². The third-order valence-corrected chi connectivity index (χ3v) is 6.80. The maximum absolute atomic E-state index is 13.4. The van der Waals surface area contributed by atoms with Crippen molar-refractivity contribution >= 4 is 11.6 Å². The molecule has 1 aliphatic heterocycles. The molecule has 0 aliphatic carbocycles. The van der Waals surface area contributed by atoms with Gasteiger partial charge in [0.15, 0.2) is 0 Å². The standard InChI is InChI=1S/C30H30N4O3/c1-5-21-12-16-23(17-13-21)28-32-29(37-33-28)26-20(3)34(18-24-8-6-7-9-25(24)36-4)30(35)31-27(26)22-14-10-19(2)11-15-22/h6-17,27H,5,18H2,1-4H3,(H,31,35). The highest BCUT2D eigenvalue weighted by Crippen LogP contribution is 2.38. The van der Waals surface area contributed by atoms with Crippen LogP contribution < -0.4 is 10.1 Å². The van der Waals surface area contributed by atoms with Crippen molar-refractivity contribution in [2.45, 2.75) is 39.8 Å². The zero-order valence-corrected chi connectivity index (χ0v) is 21.5. The molecule has 0 spiro atoms. The summed E-state index contributed by atoms with van der Waals surface area (Å²) in [7, 11) is 1.63. The molecule has 2 heterocycles. The molecule has 188 valence electrons. The highest BCUT2D eigenvalue weighted by atomic mass is 16.5. The molecule has 1 aliphatic rings. The highest BCUT2D eigenvalue weighted by Gasteiger charge is 2.36. The van der Waals surface area contributed by atoms with Gasteiger partial charge in [-0.3, -0.25) is 4.90 Å². The minimum absolute atomic E-state index is 0.201. The molecule has 2 amide bonds. The van der Waals surface area contributed by atoms with E-state index in [0.29, 0.717) is 18.3 Å². The number of amides is 2. The predicted octanol–water partition coefficient (Wildman–Crippen LogP) is 6.31. The van der Waals surface area contributed by atoms with E-state index in [9.17, 15) is 4.79 Å². The Morgan fingerprint density at radius 2 is 1.73 bits per heavy atom. The Morgan fingerprint density at radius 3 is 2.43 bits per heavy atom. The smallest absolute Gasteiger partial charge is 0.322 e. The summed E-state index contributed by atoms with van der Waals surface area (Å²) in [6.45, 7) is 6.42. The fourth-order valence-corrected chi connectivity index (χ4v) is 4.60. The fourth-order valence-electron chi connectivity index (χ4n) is 4.60. The fraction of sp³-hybridized carbons (Fsp3) is 0.233. The first-order valence-corrected chi connectivity index (χ1v) is 12.4. The number of methoxy groups -OCH3 is 1. The minimum Gasteiger partial charge on any atom is -0.496 e. The number of nitrogens with one attached hydrogen (secondary N) is 1. The largest absolute Gasteiger partial charge is 0.496 e. The Hall–Kier alpha value is -4.39. The van der Waals surface area contributed by atoms with Gasteiger partial charge in [0.1, 0.15) is 5.75 Å². The number of carbonyl (C=O) groups is 1. The third kappa shape index (κ3) is 4.85. The number of ether oxygens (including phenoxy) is 1. The number of hydrogen-bond acceptors (Lipinski definition) is 5. The van der Waals surface area contributed by atoms with Crippen LogP contribution in [0.3, 0.4) is 0 Å². The second-order valence-electron chi connectivity index (χ2n) is 9.16. The normalized spacial score (nSPS) is 15.6. The SMILES string of the molecule is CCc1ccc(-c2noc(C3=C(C)N(Cc4ccccc4OC)C(=O)NC3c3ccc(C)cc3)n2)cc1. The van der Waals surface area contributed by atoms with Crippen molar-refractivity contribution in [1.29, 1.82) is 0 Å². The first-order valence-electron chi connectivity index (χ1n) is 12.4.